The molecule has 0 saturated carbocycles. The minimum Gasteiger partial charge on any atom is -0.480 e. The third-order valence-electron chi connectivity index (χ3n) is 2.06. The lowest BCUT2D eigenvalue weighted by atomic mass is 10.0. The summed E-state index contributed by atoms with van der Waals surface area (Å²) in [6, 6.07) is -0.838. The van der Waals surface area contributed by atoms with Gasteiger partial charge in [-0.15, -0.1) is 11.8 Å². The number of azide groups is 1. The molecule has 3 N–H and O–H groups in total. The number of nitrogens with zero attached hydrogens (tertiary/aromatic N) is 3. The van der Waals surface area contributed by atoms with Gasteiger partial charge in [0.15, 0.2) is 0 Å². The lowest BCUT2D eigenvalue weighted by Gasteiger charge is -2.08. The van der Waals surface area contributed by atoms with Crippen LogP contribution in [0.1, 0.15) is 12.8 Å². The van der Waals surface area contributed by atoms with Gasteiger partial charge in [0.25, 0.3) is 0 Å². The number of carbonyl (C=O) groups is 1. The van der Waals surface area contributed by atoms with Gasteiger partial charge < -0.3 is 10.8 Å². The maximum Gasteiger partial charge on any atom is 0.320 e. The van der Waals surface area contributed by atoms with Crippen molar-refractivity contribution in [3.05, 3.63) is 21.4 Å². The second kappa shape index (κ2) is 5.65. The minimum absolute atomic E-state index is 0.233. The molecule has 82 valence electrons. The van der Waals surface area contributed by atoms with Gasteiger partial charge in [0.05, 0.1) is 0 Å². The van der Waals surface area contributed by atoms with Crippen molar-refractivity contribution >= 4 is 17.7 Å². The lowest BCUT2D eigenvalue weighted by molar-refractivity contribution is -0.138. The van der Waals surface area contributed by atoms with E-state index in [0.717, 1.165) is 12.0 Å². The van der Waals surface area contributed by atoms with E-state index in [0.29, 0.717) is 13.0 Å². The van der Waals surface area contributed by atoms with E-state index >= 15 is 0 Å². The molecule has 1 aliphatic rings. The Balaban J connectivity index is 2.35. The average Bonchev–Trinajstić information content (AvgIpc) is 2.62. The van der Waals surface area contributed by atoms with Gasteiger partial charge in [-0.2, -0.15) is 0 Å². The van der Waals surface area contributed by atoms with Gasteiger partial charge in [0.1, 0.15) is 6.04 Å². The molecule has 2 atom stereocenters. The highest BCUT2D eigenvalue weighted by Crippen LogP contribution is 2.32. The van der Waals surface area contributed by atoms with E-state index < -0.39 is 12.0 Å². The lowest BCUT2D eigenvalue weighted by Crippen LogP contribution is -2.30. The molecule has 0 fully saturated rings. The van der Waals surface area contributed by atoms with Crippen LogP contribution in [0.15, 0.2) is 16.1 Å². The van der Waals surface area contributed by atoms with Crippen LogP contribution in [0, 0.1) is 0 Å². The van der Waals surface area contributed by atoms with E-state index in [2.05, 4.69) is 10.0 Å². The Morgan fingerprint density at radius 3 is 3.27 bits per heavy atom. The molecule has 1 aliphatic heterocycles. The van der Waals surface area contributed by atoms with Crippen molar-refractivity contribution in [1.82, 2.24) is 0 Å². The Morgan fingerprint density at radius 2 is 2.67 bits per heavy atom. The molecule has 0 bridgehead atoms. The molecular formula is C8H12N4O2S. The Bertz CT molecular complexity index is 325. The van der Waals surface area contributed by atoms with Crippen molar-refractivity contribution in [2.24, 2.45) is 10.8 Å². The van der Waals surface area contributed by atoms with Gasteiger partial charge >= 0.3 is 5.97 Å². The van der Waals surface area contributed by atoms with Crippen LogP contribution >= 0.6 is 11.8 Å². The third-order valence-corrected chi connectivity index (χ3v) is 3.23. The van der Waals surface area contributed by atoms with Crippen molar-refractivity contribution in [2.75, 3.05) is 6.54 Å². The second-order valence-electron chi connectivity index (χ2n) is 3.30. The first-order valence-corrected chi connectivity index (χ1v) is 5.40. The fourth-order valence-corrected chi connectivity index (χ4v) is 2.36. The van der Waals surface area contributed by atoms with E-state index in [1.807, 2.05) is 5.41 Å². The van der Waals surface area contributed by atoms with Crippen molar-refractivity contribution in [1.29, 1.82) is 0 Å². The molecule has 1 rings (SSSR count). The topological polar surface area (TPSA) is 112 Å². The molecule has 1 heterocycles. The van der Waals surface area contributed by atoms with Crippen LogP contribution in [0.2, 0.25) is 0 Å². The van der Waals surface area contributed by atoms with Gasteiger partial charge in [-0.3, -0.25) is 4.79 Å². The molecule has 0 saturated heterocycles. The first-order chi connectivity index (χ1) is 7.13. The van der Waals surface area contributed by atoms with Crippen molar-refractivity contribution in [2.45, 2.75) is 24.1 Å². The number of hydrogen-bond acceptors (Lipinski definition) is 4. The molecule has 7 heteroatoms. The Morgan fingerprint density at radius 1 is 1.93 bits per heavy atom. The standard InChI is InChI=1S/C8H12N4O2S/c9-7(8(13)14)2-5-1-6(15-4-5)3-11-12-10/h4,6-7H,1-3,9H2,(H,13,14)/t6?,7-/m0/s1. The van der Waals surface area contributed by atoms with Crippen LogP contribution in [-0.4, -0.2) is 28.9 Å². The molecule has 0 spiro atoms. The molecule has 1 unspecified atom stereocenters. The first kappa shape index (κ1) is 11.9. The smallest absolute Gasteiger partial charge is 0.320 e. The summed E-state index contributed by atoms with van der Waals surface area (Å²) in [5.74, 6) is -0.987. The van der Waals surface area contributed by atoms with Crippen molar-refractivity contribution in [3.8, 4) is 0 Å². The molecule has 6 nitrogen and oxygen atoms in total. The first-order valence-electron chi connectivity index (χ1n) is 4.46. The van der Waals surface area contributed by atoms with Crippen LogP contribution in [0.4, 0.5) is 0 Å². The highest BCUT2D eigenvalue weighted by Gasteiger charge is 2.21. The predicted molar refractivity (Wildman–Crippen MR) is 58.3 cm³/mol. The third kappa shape index (κ3) is 3.83. The molecule has 0 amide bonds. The minimum atomic E-state index is -0.987. The Hall–Kier alpha value is -1.17. The molecular weight excluding hydrogens is 216 g/mol. The van der Waals surface area contributed by atoms with Gasteiger partial charge in [-0.25, -0.2) is 0 Å². The van der Waals surface area contributed by atoms with Crippen LogP contribution in [0.25, 0.3) is 10.4 Å². The fourth-order valence-electron chi connectivity index (χ4n) is 1.32. The summed E-state index contributed by atoms with van der Waals surface area (Å²) in [7, 11) is 0. The SMILES string of the molecule is [N-]=[N+]=NCC1CC(C[C@H](N)C(=O)O)=CS1. The zero-order chi connectivity index (χ0) is 11.3. The number of carboxylic acids is 1. The fraction of sp³-hybridized carbons (Fsp3) is 0.625. The Kier molecular flexibility index (Phi) is 4.48. The summed E-state index contributed by atoms with van der Waals surface area (Å²) in [6.45, 7) is 0.434. The molecule has 0 radical (unpaired) electrons. The number of rotatable bonds is 5. The monoisotopic (exact) mass is 228 g/mol. The number of carboxylic acid groups (broad SMARTS) is 1. The summed E-state index contributed by atoms with van der Waals surface area (Å²) < 4.78 is 0. The molecule has 0 aromatic heterocycles. The maximum atomic E-state index is 10.5. The summed E-state index contributed by atoms with van der Waals surface area (Å²) in [6.07, 6.45) is 1.12. The quantitative estimate of drug-likeness (QED) is 0.421. The van der Waals surface area contributed by atoms with E-state index in [1.54, 1.807) is 11.8 Å². The number of hydrogen-bond donors (Lipinski definition) is 2. The van der Waals surface area contributed by atoms with Crippen LogP contribution in [0.5, 0.6) is 0 Å². The summed E-state index contributed by atoms with van der Waals surface area (Å²) in [5, 5.41) is 14.3. The summed E-state index contributed by atoms with van der Waals surface area (Å²) in [4.78, 5) is 13.2. The van der Waals surface area contributed by atoms with E-state index in [4.69, 9.17) is 16.4 Å². The van der Waals surface area contributed by atoms with Gasteiger partial charge in [0, 0.05) is 16.7 Å². The largest absolute Gasteiger partial charge is 0.480 e. The van der Waals surface area contributed by atoms with Crippen molar-refractivity contribution < 1.29 is 9.90 Å². The highest BCUT2D eigenvalue weighted by molar-refractivity contribution is 8.03. The zero-order valence-corrected chi connectivity index (χ0v) is 8.85. The Labute approximate surface area is 91.2 Å². The normalized spacial score (nSPS) is 21.7. The van der Waals surface area contributed by atoms with Crippen LogP contribution in [0.3, 0.4) is 0 Å². The van der Waals surface area contributed by atoms with Crippen LogP contribution < -0.4 is 5.73 Å². The number of nitrogens with two attached hydrogens (primary N) is 1. The molecule has 0 aromatic carbocycles. The predicted octanol–water partition coefficient (Wildman–Crippen LogP) is 1.49. The van der Waals surface area contributed by atoms with Gasteiger partial charge in [-0.1, -0.05) is 10.7 Å². The van der Waals surface area contributed by atoms with Gasteiger partial charge in [-0.05, 0) is 23.8 Å². The summed E-state index contributed by atoms with van der Waals surface area (Å²) >= 11 is 1.57. The van der Waals surface area contributed by atoms with Crippen molar-refractivity contribution in [3.63, 3.8) is 0 Å². The zero-order valence-electron chi connectivity index (χ0n) is 8.04. The molecule has 15 heavy (non-hydrogen) atoms. The number of thioether (sulfide) groups is 1. The van der Waals surface area contributed by atoms with E-state index in [-0.39, 0.29) is 5.25 Å². The van der Waals surface area contributed by atoms with Gasteiger partial charge in [0.2, 0.25) is 0 Å². The number of aliphatic carboxylic acids is 1. The van der Waals surface area contributed by atoms with E-state index in [9.17, 15) is 4.79 Å². The maximum absolute atomic E-state index is 10.5. The highest BCUT2D eigenvalue weighted by atomic mass is 32.2. The average molecular weight is 228 g/mol. The van der Waals surface area contributed by atoms with E-state index in [1.165, 1.54) is 0 Å². The second-order valence-corrected chi connectivity index (χ2v) is 4.48. The summed E-state index contributed by atoms with van der Waals surface area (Å²) in [5.41, 5.74) is 14.6. The molecule has 0 aromatic rings. The van der Waals surface area contributed by atoms with Crippen LogP contribution in [-0.2, 0) is 4.79 Å². The molecule has 0 aliphatic carbocycles.